The number of thioether (sulfide) groups is 1. The lowest BCUT2D eigenvalue weighted by atomic mass is 10.1. The van der Waals surface area contributed by atoms with Gasteiger partial charge in [-0.2, -0.15) is 5.26 Å². The minimum Gasteiger partial charge on any atom is -0.493 e. The molecule has 1 N–H and O–H groups in total. The molecule has 1 heterocycles. The molecule has 0 aliphatic carbocycles. The van der Waals surface area contributed by atoms with Crippen molar-refractivity contribution >= 4 is 63.2 Å². The number of aliphatic imine (C=N–C) groups is 1. The minimum atomic E-state index is -1.04. The highest BCUT2D eigenvalue weighted by atomic mass is 127. The van der Waals surface area contributed by atoms with Gasteiger partial charge in [0.15, 0.2) is 16.7 Å². The molecule has 10 heteroatoms. The molecule has 38 heavy (non-hydrogen) atoms. The van der Waals surface area contributed by atoms with Crippen LogP contribution in [0.3, 0.4) is 0 Å². The number of amidine groups is 1. The summed E-state index contributed by atoms with van der Waals surface area (Å²) in [5, 5.41) is 19.1. The number of rotatable bonds is 8. The molecule has 0 bridgehead atoms. The van der Waals surface area contributed by atoms with Crippen molar-refractivity contribution in [1.29, 1.82) is 5.26 Å². The first kappa shape index (κ1) is 27.2. The normalized spacial score (nSPS) is 15.1. The van der Waals surface area contributed by atoms with Crippen molar-refractivity contribution in [2.45, 2.75) is 13.5 Å². The zero-order valence-corrected chi connectivity index (χ0v) is 23.4. The van der Waals surface area contributed by atoms with Crippen molar-refractivity contribution in [3.8, 4) is 17.6 Å². The number of carbonyl (C=O) groups is 2. The van der Waals surface area contributed by atoms with Crippen molar-refractivity contribution in [3.05, 3.63) is 91.4 Å². The Balaban J connectivity index is 1.61. The summed E-state index contributed by atoms with van der Waals surface area (Å²) in [6.07, 6.45) is 1.77. The van der Waals surface area contributed by atoms with E-state index in [1.807, 2.05) is 25.1 Å². The highest BCUT2D eigenvalue weighted by molar-refractivity contribution is 14.1. The lowest BCUT2D eigenvalue weighted by Gasteiger charge is -2.14. The molecule has 0 radical (unpaired) electrons. The first-order valence-corrected chi connectivity index (χ1v) is 13.4. The van der Waals surface area contributed by atoms with Gasteiger partial charge < -0.3 is 14.6 Å². The maximum absolute atomic E-state index is 13.1. The molecular weight excluding hydrogens is 617 g/mol. The van der Waals surface area contributed by atoms with Crippen LogP contribution in [-0.2, 0) is 11.4 Å². The average Bonchev–Trinajstić information content (AvgIpc) is 3.21. The van der Waals surface area contributed by atoms with Crippen LogP contribution in [0.1, 0.15) is 34.0 Å². The molecule has 3 aromatic rings. The number of halogens is 1. The predicted octanol–water partition coefficient (Wildman–Crippen LogP) is 6.07. The highest BCUT2D eigenvalue weighted by Crippen LogP contribution is 2.38. The lowest BCUT2D eigenvalue weighted by molar-refractivity contribution is -0.122. The molecule has 0 unspecified atom stereocenters. The summed E-state index contributed by atoms with van der Waals surface area (Å²) in [6.45, 7) is 2.48. The van der Waals surface area contributed by atoms with E-state index in [0.717, 1.165) is 14.7 Å². The van der Waals surface area contributed by atoms with Gasteiger partial charge in [-0.3, -0.25) is 9.69 Å². The number of amides is 1. The van der Waals surface area contributed by atoms with Crippen LogP contribution in [0.25, 0.3) is 6.08 Å². The Kier molecular flexibility index (Phi) is 8.70. The van der Waals surface area contributed by atoms with Crippen LogP contribution in [0.15, 0.2) is 70.6 Å². The van der Waals surface area contributed by atoms with Gasteiger partial charge in [-0.05, 0) is 89.3 Å². The van der Waals surface area contributed by atoms with Crippen molar-refractivity contribution in [2.24, 2.45) is 4.99 Å². The highest BCUT2D eigenvalue weighted by Gasteiger charge is 2.32. The van der Waals surface area contributed by atoms with Crippen LogP contribution in [0, 0.1) is 14.9 Å². The Bertz CT molecular complexity index is 1510. The Morgan fingerprint density at radius 3 is 2.71 bits per heavy atom. The van der Waals surface area contributed by atoms with Gasteiger partial charge in [-0.25, -0.2) is 9.79 Å². The zero-order chi connectivity index (χ0) is 27.2. The molecule has 1 saturated heterocycles. The fourth-order valence-electron chi connectivity index (χ4n) is 3.71. The molecule has 0 spiro atoms. The molecule has 1 aliphatic rings. The molecule has 1 aliphatic heterocycles. The summed E-state index contributed by atoms with van der Waals surface area (Å²) in [5.74, 6) is -0.182. The monoisotopic (exact) mass is 639 g/mol. The van der Waals surface area contributed by atoms with Gasteiger partial charge in [0.2, 0.25) is 0 Å². The summed E-state index contributed by atoms with van der Waals surface area (Å²) in [5.41, 5.74) is 2.65. The zero-order valence-electron chi connectivity index (χ0n) is 20.5. The number of hydrogen-bond acceptors (Lipinski definition) is 7. The summed E-state index contributed by atoms with van der Waals surface area (Å²) < 4.78 is 12.4. The standard InChI is InChI=1S/C28H22IN3O5S/c1-3-32-26(33)24(38-28(32)31-21-10-6-9-18(14-21)27(34)35)13-17-11-22(29)25(23(12-17)36-2)37-16-20-8-5-4-7-19(20)15-30/h4-14H,3,16H2,1-2H3,(H,34,35)/b24-13+,31-28?. The van der Waals surface area contributed by atoms with E-state index in [0.29, 0.717) is 39.4 Å². The van der Waals surface area contributed by atoms with Gasteiger partial charge in [0.05, 0.1) is 38.5 Å². The smallest absolute Gasteiger partial charge is 0.335 e. The number of ether oxygens (including phenoxy) is 2. The van der Waals surface area contributed by atoms with Crippen molar-refractivity contribution < 1.29 is 24.2 Å². The quantitative estimate of drug-likeness (QED) is 0.235. The molecule has 0 saturated carbocycles. The first-order chi connectivity index (χ1) is 18.3. The third kappa shape index (κ3) is 6.00. The van der Waals surface area contributed by atoms with Gasteiger partial charge in [-0.1, -0.05) is 24.3 Å². The molecule has 4 rings (SSSR count). The van der Waals surface area contributed by atoms with Gasteiger partial charge in [-0.15, -0.1) is 0 Å². The van der Waals surface area contributed by atoms with Gasteiger partial charge in [0.25, 0.3) is 5.91 Å². The van der Waals surface area contributed by atoms with Gasteiger partial charge in [0, 0.05) is 12.1 Å². The Morgan fingerprint density at radius 2 is 2.00 bits per heavy atom. The van der Waals surface area contributed by atoms with E-state index in [-0.39, 0.29) is 18.1 Å². The van der Waals surface area contributed by atoms with E-state index < -0.39 is 5.97 Å². The third-order valence-corrected chi connectivity index (χ3v) is 7.39. The second-order valence-corrected chi connectivity index (χ2v) is 10.2. The van der Waals surface area contributed by atoms with Crippen molar-refractivity contribution in [1.82, 2.24) is 4.90 Å². The van der Waals surface area contributed by atoms with E-state index in [1.165, 1.54) is 23.9 Å². The fourth-order valence-corrected chi connectivity index (χ4v) is 5.55. The third-order valence-electron chi connectivity index (χ3n) is 5.58. The maximum atomic E-state index is 13.1. The molecule has 0 aromatic heterocycles. The summed E-state index contributed by atoms with van der Waals surface area (Å²) in [6, 6.07) is 19.4. The van der Waals surface area contributed by atoms with E-state index in [4.69, 9.17) is 9.47 Å². The van der Waals surface area contributed by atoms with E-state index in [2.05, 4.69) is 33.7 Å². The van der Waals surface area contributed by atoms with Crippen LogP contribution in [-0.4, -0.2) is 40.7 Å². The molecule has 3 aromatic carbocycles. The number of aromatic carboxylic acids is 1. The van der Waals surface area contributed by atoms with Crippen LogP contribution < -0.4 is 9.47 Å². The Labute approximate surface area is 237 Å². The van der Waals surface area contributed by atoms with Crippen molar-refractivity contribution in [3.63, 3.8) is 0 Å². The summed E-state index contributed by atoms with van der Waals surface area (Å²) >= 11 is 3.38. The van der Waals surface area contributed by atoms with E-state index in [1.54, 1.807) is 48.4 Å². The summed E-state index contributed by atoms with van der Waals surface area (Å²) in [4.78, 5) is 31.0. The fraction of sp³-hybridized carbons (Fsp3) is 0.143. The van der Waals surface area contributed by atoms with Crippen LogP contribution in [0.5, 0.6) is 11.5 Å². The Morgan fingerprint density at radius 1 is 1.21 bits per heavy atom. The number of nitrogens with zero attached hydrogens (tertiary/aromatic N) is 3. The van der Waals surface area contributed by atoms with E-state index in [9.17, 15) is 20.0 Å². The molecule has 8 nitrogen and oxygen atoms in total. The topological polar surface area (TPSA) is 112 Å². The lowest BCUT2D eigenvalue weighted by Crippen LogP contribution is -2.28. The number of likely N-dealkylation sites (N-methyl/N-ethyl adjacent to an activating group) is 1. The molecule has 0 atom stereocenters. The van der Waals surface area contributed by atoms with Gasteiger partial charge in [0.1, 0.15) is 6.61 Å². The number of methoxy groups -OCH3 is 1. The van der Waals surface area contributed by atoms with Crippen LogP contribution in [0.4, 0.5) is 5.69 Å². The van der Waals surface area contributed by atoms with Crippen LogP contribution in [0.2, 0.25) is 0 Å². The first-order valence-electron chi connectivity index (χ1n) is 11.5. The maximum Gasteiger partial charge on any atom is 0.335 e. The molecule has 1 fully saturated rings. The second kappa shape index (κ2) is 12.1. The number of carboxylic acids is 1. The number of carboxylic acid groups (broad SMARTS) is 1. The molecular formula is C28H22IN3O5S. The minimum absolute atomic E-state index is 0.125. The predicted molar refractivity (Wildman–Crippen MR) is 155 cm³/mol. The molecule has 192 valence electrons. The molecule has 1 amide bonds. The second-order valence-electron chi connectivity index (χ2n) is 8.00. The van der Waals surface area contributed by atoms with Crippen LogP contribution >= 0.6 is 34.4 Å². The van der Waals surface area contributed by atoms with Crippen molar-refractivity contribution in [2.75, 3.05) is 13.7 Å². The SMILES string of the molecule is CCN1C(=O)/C(=C\c2cc(I)c(OCc3ccccc3C#N)c(OC)c2)SC1=Nc1cccc(C(=O)O)c1. The largest absolute Gasteiger partial charge is 0.493 e. The number of hydrogen-bond donors (Lipinski definition) is 1. The summed E-state index contributed by atoms with van der Waals surface area (Å²) in [7, 11) is 1.54. The Hall–Kier alpha value is -3.82. The van der Waals surface area contributed by atoms with Gasteiger partial charge >= 0.3 is 5.97 Å². The van der Waals surface area contributed by atoms with E-state index >= 15 is 0 Å². The number of nitriles is 1. The number of benzene rings is 3. The number of carbonyl (C=O) groups excluding carboxylic acids is 1. The average molecular weight is 639 g/mol.